The molecular formula is C23H26NO3+. The number of hydrogen-bond acceptors (Lipinski definition) is 3. The van der Waals surface area contributed by atoms with Crippen LogP contribution in [0.15, 0.2) is 48.5 Å². The van der Waals surface area contributed by atoms with Gasteiger partial charge in [0.2, 0.25) is 5.69 Å². The van der Waals surface area contributed by atoms with Gasteiger partial charge in [-0.1, -0.05) is 18.2 Å². The molecule has 140 valence electrons. The summed E-state index contributed by atoms with van der Waals surface area (Å²) in [7, 11) is 3.08. The molecule has 0 N–H and O–H groups in total. The van der Waals surface area contributed by atoms with Crippen LogP contribution in [-0.4, -0.2) is 37.0 Å². The molecule has 1 heterocycles. The summed E-state index contributed by atoms with van der Waals surface area (Å²) in [6.45, 7) is 7.38. The van der Waals surface area contributed by atoms with Gasteiger partial charge in [0.15, 0.2) is 5.71 Å². The maximum absolute atomic E-state index is 11.9. The molecule has 0 unspecified atom stereocenters. The van der Waals surface area contributed by atoms with Crippen LogP contribution in [-0.2, 0) is 10.2 Å². The fourth-order valence-electron chi connectivity index (χ4n) is 3.66. The molecule has 1 aliphatic heterocycles. The number of hydrogen-bond donors (Lipinski definition) is 0. The van der Waals surface area contributed by atoms with Gasteiger partial charge in [-0.05, 0) is 50.6 Å². The molecule has 4 heteroatoms. The molecular weight excluding hydrogens is 338 g/mol. The molecule has 0 bridgehead atoms. The standard InChI is InChI=1S/C23H26NO3/c1-6-24-20-15-17(22(25)27-5)10-13-19(20)23(2,3)21(24)14-9-16-7-11-18(26-4)12-8-16/h7-15H,6H2,1-5H3/q+1. The third-order valence-electron chi connectivity index (χ3n) is 5.18. The minimum absolute atomic E-state index is 0.150. The van der Waals surface area contributed by atoms with Gasteiger partial charge in [0, 0.05) is 17.7 Å². The van der Waals surface area contributed by atoms with E-state index in [4.69, 9.17) is 9.47 Å². The molecule has 0 aromatic heterocycles. The van der Waals surface area contributed by atoms with Gasteiger partial charge in [-0.2, -0.15) is 4.58 Å². The predicted molar refractivity (Wildman–Crippen MR) is 108 cm³/mol. The van der Waals surface area contributed by atoms with E-state index in [0.717, 1.165) is 23.5 Å². The molecule has 0 atom stereocenters. The summed E-state index contributed by atoms with van der Waals surface area (Å²) in [5.74, 6) is 0.535. The summed E-state index contributed by atoms with van der Waals surface area (Å²) < 4.78 is 12.4. The molecule has 0 radical (unpaired) electrons. The minimum atomic E-state index is -0.311. The number of carbonyl (C=O) groups is 1. The number of benzene rings is 2. The second-order valence-corrected chi connectivity index (χ2v) is 7.08. The molecule has 3 rings (SSSR count). The lowest BCUT2D eigenvalue weighted by atomic mass is 9.81. The fraction of sp³-hybridized carbons (Fsp3) is 0.304. The summed E-state index contributed by atoms with van der Waals surface area (Å²) in [4.78, 5) is 11.9. The van der Waals surface area contributed by atoms with E-state index < -0.39 is 0 Å². The van der Waals surface area contributed by atoms with Crippen molar-refractivity contribution >= 4 is 23.4 Å². The van der Waals surface area contributed by atoms with Gasteiger partial charge in [0.1, 0.15) is 12.3 Å². The molecule has 2 aromatic carbocycles. The van der Waals surface area contributed by atoms with Gasteiger partial charge in [-0.15, -0.1) is 0 Å². The fourth-order valence-corrected chi connectivity index (χ4v) is 3.66. The average molecular weight is 364 g/mol. The summed E-state index contributed by atoms with van der Waals surface area (Å²) in [5.41, 5.74) is 5.03. The second kappa shape index (κ2) is 7.39. The van der Waals surface area contributed by atoms with Crippen LogP contribution >= 0.6 is 0 Å². The predicted octanol–water partition coefficient (Wildman–Crippen LogP) is 4.59. The van der Waals surface area contributed by atoms with Gasteiger partial charge < -0.3 is 9.47 Å². The van der Waals surface area contributed by atoms with Crippen molar-refractivity contribution < 1.29 is 18.8 Å². The van der Waals surface area contributed by atoms with Crippen molar-refractivity contribution in [3.63, 3.8) is 0 Å². The van der Waals surface area contributed by atoms with Crippen LogP contribution in [0, 0.1) is 0 Å². The number of fused-ring (bicyclic) bond motifs is 1. The van der Waals surface area contributed by atoms with E-state index in [0.29, 0.717) is 5.56 Å². The highest BCUT2D eigenvalue weighted by atomic mass is 16.5. The zero-order valence-corrected chi connectivity index (χ0v) is 16.6. The lowest BCUT2D eigenvalue weighted by Crippen LogP contribution is -2.27. The lowest BCUT2D eigenvalue weighted by molar-refractivity contribution is -0.433. The van der Waals surface area contributed by atoms with Gasteiger partial charge in [-0.25, -0.2) is 4.79 Å². The molecule has 0 saturated heterocycles. The summed E-state index contributed by atoms with van der Waals surface area (Å²) in [6, 6.07) is 13.8. The highest BCUT2D eigenvalue weighted by Crippen LogP contribution is 2.40. The summed E-state index contributed by atoms with van der Waals surface area (Å²) in [5, 5.41) is 0. The van der Waals surface area contributed by atoms with Gasteiger partial charge >= 0.3 is 5.97 Å². The normalized spacial score (nSPS) is 15.1. The average Bonchev–Trinajstić information content (AvgIpc) is 2.91. The van der Waals surface area contributed by atoms with Crippen LogP contribution in [0.3, 0.4) is 0 Å². The van der Waals surface area contributed by atoms with E-state index in [2.05, 4.69) is 37.5 Å². The van der Waals surface area contributed by atoms with Crippen molar-refractivity contribution in [1.82, 2.24) is 0 Å². The molecule has 0 spiro atoms. The van der Waals surface area contributed by atoms with Gasteiger partial charge in [-0.3, -0.25) is 0 Å². The van der Waals surface area contributed by atoms with E-state index in [1.54, 1.807) is 7.11 Å². The lowest BCUT2D eigenvalue weighted by Gasteiger charge is -2.15. The monoisotopic (exact) mass is 364 g/mol. The molecule has 0 saturated carbocycles. The molecule has 0 amide bonds. The third kappa shape index (κ3) is 3.39. The number of esters is 1. The molecule has 2 aromatic rings. The Morgan fingerprint density at radius 3 is 2.37 bits per heavy atom. The van der Waals surface area contributed by atoms with Crippen molar-refractivity contribution in [2.75, 3.05) is 20.8 Å². The summed E-state index contributed by atoms with van der Waals surface area (Å²) >= 11 is 0. The smallest absolute Gasteiger partial charge is 0.338 e. The van der Waals surface area contributed by atoms with Crippen LogP contribution < -0.4 is 4.74 Å². The first-order chi connectivity index (χ1) is 12.9. The Bertz CT molecular complexity index is 921. The van der Waals surface area contributed by atoms with Crippen LogP contribution in [0.25, 0.3) is 6.08 Å². The SMILES string of the molecule is CC[N+]1=C(C=Cc2ccc(OC)cc2)C(C)(C)c2ccc(C(=O)OC)cc21. The Hall–Kier alpha value is -2.88. The second-order valence-electron chi connectivity index (χ2n) is 7.08. The van der Waals surface area contributed by atoms with Crippen LogP contribution in [0.1, 0.15) is 42.3 Å². The minimum Gasteiger partial charge on any atom is -0.497 e. The van der Waals surface area contributed by atoms with Gasteiger partial charge in [0.25, 0.3) is 0 Å². The van der Waals surface area contributed by atoms with Crippen molar-refractivity contribution in [2.24, 2.45) is 0 Å². The largest absolute Gasteiger partial charge is 0.497 e. The number of carbonyl (C=O) groups excluding carboxylic acids is 1. The Morgan fingerprint density at radius 2 is 1.78 bits per heavy atom. The van der Waals surface area contributed by atoms with E-state index in [1.807, 2.05) is 42.5 Å². The number of rotatable bonds is 5. The Morgan fingerprint density at radius 1 is 1.07 bits per heavy atom. The van der Waals surface area contributed by atoms with Crippen molar-refractivity contribution in [3.8, 4) is 5.75 Å². The molecule has 27 heavy (non-hydrogen) atoms. The van der Waals surface area contributed by atoms with Crippen molar-refractivity contribution in [2.45, 2.75) is 26.2 Å². The topological polar surface area (TPSA) is 38.5 Å². The zero-order valence-electron chi connectivity index (χ0n) is 16.6. The molecule has 1 aliphatic rings. The molecule has 4 nitrogen and oxygen atoms in total. The number of allylic oxidation sites excluding steroid dienone is 1. The maximum Gasteiger partial charge on any atom is 0.338 e. The first-order valence-electron chi connectivity index (χ1n) is 9.12. The first kappa shape index (κ1) is 18.9. The van der Waals surface area contributed by atoms with E-state index >= 15 is 0 Å². The Labute approximate surface area is 160 Å². The summed E-state index contributed by atoms with van der Waals surface area (Å²) in [6.07, 6.45) is 4.29. The number of methoxy groups -OCH3 is 2. The van der Waals surface area contributed by atoms with Crippen LogP contribution in [0.2, 0.25) is 0 Å². The van der Waals surface area contributed by atoms with E-state index in [9.17, 15) is 4.79 Å². The van der Waals surface area contributed by atoms with E-state index in [-0.39, 0.29) is 11.4 Å². The molecule has 0 aliphatic carbocycles. The van der Waals surface area contributed by atoms with Gasteiger partial charge in [0.05, 0.1) is 25.2 Å². The Kier molecular flexibility index (Phi) is 5.17. The Balaban J connectivity index is 2.03. The highest BCUT2D eigenvalue weighted by molar-refractivity contribution is 6.05. The van der Waals surface area contributed by atoms with Crippen molar-refractivity contribution in [1.29, 1.82) is 0 Å². The maximum atomic E-state index is 11.9. The van der Waals surface area contributed by atoms with E-state index in [1.165, 1.54) is 18.4 Å². The number of nitrogens with zero attached hydrogens (tertiary/aromatic N) is 1. The van der Waals surface area contributed by atoms with Crippen LogP contribution in [0.5, 0.6) is 5.75 Å². The molecule has 0 fully saturated rings. The third-order valence-corrected chi connectivity index (χ3v) is 5.18. The van der Waals surface area contributed by atoms with Crippen LogP contribution in [0.4, 0.5) is 5.69 Å². The highest BCUT2D eigenvalue weighted by Gasteiger charge is 2.44. The van der Waals surface area contributed by atoms with Crippen molar-refractivity contribution in [3.05, 3.63) is 65.2 Å². The number of ether oxygens (including phenoxy) is 2. The first-order valence-corrected chi connectivity index (χ1v) is 9.12. The quantitative estimate of drug-likeness (QED) is 0.575. The zero-order chi connectivity index (χ0) is 19.6.